The van der Waals surface area contributed by atoms with Crippen LogP contribution in [0.15, 0.2) is 43.0 Å². The summed E-state index contributed by atoms with van der Waals surface area (Å²) in [5.41, 5.74) is 1.68. The van der Waals surface area contributed by atoms with Crippen molar-refractivity contribution in [3.05, 3.63) is 70.8 Å². The topological polar surface area (TPSA) is 49.3 Å². The largest absolute Gasteiger partial charge is 0.416 e. The Morgan fingerprint density at radius 3 is 2.14 bits per heavy atom. The van der Waals surface area contributed by atoms with Crippen LogP contribution in [0.4, 0.5) is 18.9 Å². The SMILES string of the molecule is C=C(Nc1cccc(CC)c1C(=O)C(C)C)c1cccc(C(F)(F)F)c1C.CC(C1CC1)C(C)(C)O. The summed E-state index contributed by atoms with van der Waals surface area (Å²) in [6.45, 7) is 16.9. The normalized spacial score (nSPS) is 14.7. The molecule has 36 heavy (non-hydrogen) atoms. The zero-order valence-corrected chi connectivity index (χ0v) is 22.5. The van der Waals surface area contributed by atoms with Crippen LogP contribution in [-0.4, -0.2) is 16.5 Å². The van der Waals surface area contributed by atoms with Crippen molar-refractivity contribution in [2.75, 3.05) is 5.32 Å². The first-order valence-electron chi connectivity index (χ1n) is 12.6. The van der Waals surface area contributed by atoms with E-state index in [1.807, 2.05) is 46.8 Å². The monoisotopic (exact) mass is 503 g/mol. The maximum atomic E-state index is 13.2. The summed E-state index contributed by atoms with van der Waals surface area (Å²) in [5.74, 6) is 1.09. The standard InChI is InChI=1S/C22H24F3NO.C8H16O/c1-6-16-9-7-12-19(20(16)21(27)13(2)3)26-15(5)17-10-8-11-18(14(17)4)22(23,24)25;1-6(7-4-5-7)8(2,3)9/h7-13,26H,5-6H2,1-4H3;6-7,9H,4-5H2,1-3H3. The van der Waals surface area contributed by atoms with Crippen LogP contribution >= 0.6 is 0 Å². The zero-order chi connectivity index (χ0) is 27.4. The number of hydrogen-bond acceptors (Lipinski definition) is 3. The number of anilines is 1. The van der Waals surface area contributed by atoms with Gasteiger partial charge in [-0.1, -0.05) is 58.5 Å². The minimum Gasteiger partial charge on any atom is -0.390 e. The highest BCUT2D eigenvalue weighted by atomic mass is 19.4. The predicted molar refractivity (Wildman–Crippen MR) is 142 cm³/mol. The molecule has 3 nitrogen and oxygen atoms in total. The van der Waals surface area contributed by atoms with Gasteiger partial charge in [-0.25, -0.2) is 0 Å². The van der Waals surface area contributed by atoms with Crippen LogP contribution in [0.5, 0.6) is 0 Å². The summed E-state index contributed by atoms with van der Waals surface area (Å²) in [4.78, 5) is 12.7. The lowest BCUT2D eigenvalue weighted by Gasteiger charge is -2.25. The van der Waals surface area contributed by atoms with Gasteiger partial charge in [-0.2, -0.15) is 13.2 Å². The average molecular weight is 504 g/mol. The molecule has 2 aromatic carbocycles. The van der Waals surface area contributed by atoms with Crippen molar-refractivity contribution in [3.8, 4) is 0 Å². The van der Waals surface area contributed by atoms with Gasteiger partial charge < -0.3 is 10.4 Å². The van der Waals surface area contributed by atoms with E-state index in [9.17, 15) is 23.1 Å². The Morgan fingerprint density at radius 2 is 1.69 bits per heavy atom. The van der Waals surface area contributed by atoms with Crippen LogP contribution in [0.25, 0.3) is 5.70 Å². The van der Waals surface area contributed by atoms with E-state index in [2.05, 4.69) is 18.8 Å². The van der Waals surface area contributed by atoms with Gasteiger partial charge in [0.05, 0.1) is 11.2 Å². The predicted octanol–water partition coefficient (Wildman–Crippen LogP) is 8.30. The van der Waals surface area contributed by atoms with E-state index in [1.165, 1.54) is 25.8 Å². The third-order valence-corrected chi connectivity index (χ3v) is 7.00. The molecule has 0 heterocycles. The Balaban J connectivity index is 0.000000425. The van der Waals surface area contributed by atoms with Gasteiger partial charge in [0.1, 0.15) is 0 Å². The molecule has 198 valence electrons. The molecule has 2 aromatic rings. The Labute approximate surface area is 213 Å². The number of benzene rings is 2. The van der Waals surface area contributed by atoms with Gasteiger partial charge in [0, 0.05) is 28.4 Å². The van der Waals surface area contributed by atoms with E-state index in [-0.39, 0.29) is 17.3 Å². The Bertz CT molecular complexity index is 1080. The van der Waals surface area contributed by atoms with Crippen molar-refractivity contribution in [1.82, 2.24) is 0 Å². The third-order valence-electron chi connectivity index (χ3n) is 7.00. The van der Waals surface area contributed by atoms with Gasteiger partial charge in [-0.05, 0) is 75.1 Å². The maximum Gasteiger partial charge on any atom is 0.416 e. The lowest BCUT2D eigenvalue weighted by molar-refractivity contribution is -0.138. The number of rotatable bonds is 8. The van der Waals surface area contributed by atoms with E-state index >= 15 is 0 Å². The summed E-state index contributed by atoms with van der Waals surface area (Å²) in [6.07, 6.45) is -1.10. The zero-order valence-electron chi connectivity index (χ0n) is 22.5. The van der Waals surface area contributed by atoms with Gasteiger partial charge >= 0.3 is 6.18 Å². The van der Waals surface area contributed by atoms with E-state index < -0.39 is 17.3 Å². The first-order valence-corrected chi connectivity index (χ1v) is 12.6. The van der Waals surface area contributed by atoms with Crippen LogP contribution in [-0.2, 0) is 12.6 Å². The quantitative estimate of drug-likeness (QED) is 0.356. The molecule has 0 spiro atoms. The number of alkyl halides is 3. The molecule has 1 aliphatic rings. The molecule has 0 aromatic heterocycles. The molecular formula is C30H40F3NO2. The first kappa shape index (κ1) is 29.6. The molecule has 3 rings (SSSR count). The molecule has 0 aliphatic heterocycles. The number of carbonyl (C=O) groups is 1. The summed E-state index contributed by atoms with van der Waals surface area (Å²) < 4.78 is 39.5. The summed E-state index contributed by atoms with van der Waals surface area (Å²) in [7, 11) is 0. The molecule has 1 fully saturated rings. The number of aliphatic hydroxyl groups is 1. The van der Waals surface area contributed by atoms with Crippen molar-refractivity contribution in [1.29, 1.82) is 0 Å². The number of aryl methyl sites for hydroxylation is 1. The van der Waals surface area contributed by atoms with Gasteiger partial charge in [0.2, 0.25) is 0 Å². The van der Waals surface area contributed by atoms with Crippen LogP contribution in [0.2, 0.25) is 0 Å². The molecular weight excluding hydrogens is 463 g/mol. The van der Waals surface area contributed by atoms with Crippen molar-refractivity contribution >= 4 is 17.2 Å². The molecule has 1 atom stereocenters. The molecule has 0 saturated heterocycles. The van der Waals surface area contributed by atoms with Crippen LogP contribution < -0.4 is 5.32 Å². The molecule has 1 unspecified atom stereocenters. The van der Waals surface area contributed by atoms with Gasteiger partial charge in [0.15, 0.2) is 5.78 Å². The molecule has 1 saturated carbocycles. The van der Waals surface area contributed by atoms with E-state index in [1.54, 1.807) is 12.1 Å². The van der Waals surface area contributed by atoms with Crippen LogP contribution in [0, 0.1) is 24.7 Å². The smallest absolute Gasteiger partial charge is 0.390 e. The minimum atomic E-state index is -4.43. The second-order valence-electron chi connectivity index (χ2n) is 10.6. The highest BCUT2D eigenvalue weighted by Gasteiger charge is 2.36. The number of hydrogen-bond donors (Lipinski definition) is 2. The fourth-order valence-corrected chi connectivity index (χ4v) is 4.25. The van der Waals surface area contributed by atoms with E-state index in [0.717, 1.165) is 17.5 Å². The fraction of sp³-hybridized carbons (Fsp3) is 0.500. The Morgan fingerprint density at radius 1 is 1.11 bits per heavy atom. The Hall–Kier alpha value is -2.60. The number of carbonyl (C=O) groups excluding carboxylic acids is 1. The van der Waals surface area contributed by atoms with Crippen molar-refractivity contribution in [2.24, 2.45) is 17.8 Å². The summed E-state index contributed by atoms with van der Waals surface area (Å²) in [5, 5.41) is 12.6. The molecule has 6 heteroatoms. The molecule has 2 N–H and O–H groups in total. The molecule has 0 bridgehead atoms. The second-order valence-corrected chi connectivity index (χ2v) is 10.6. The lowest BCUT2D eigenvalue weighted by Crippen LogP contribution is -2.29. The van der Waals surface area contributed by atoms with Crippen molar-refractivity contribution in [3.63, 3.8) is 0 Å². The van der Waals surface area contributed by atoms with Crippen molar-refractivity contribution < 1.29 is 23.1 Å². The molecule has 1 aliphatic carbocycles. The summed E-state index contributed by atoms with van der Waals surface area (Å²) in [6, 6.07) is 9.47. The molecule has 0 radical (unpaired) electrons. The number of nitrogens with one attached hydrogen (secondary N) is 1. The minimum absolute atomic E-state index is 0.0106. The van der Waals surface area contributed by atoms with E-state index in [4.69, 9.17) is 0 Å². The molecule has 0 amide bonds. The van der Waals surface area contributed by atoms with Gasteiger partial charge in [-0.3, -0.25) is 4.79 Å². The maximum absolute atomic E-state index is 13.2. The Kier molecular flexibility index (Phi) is 9.58. The van der Waals surface area contributed by atoms with Crippen molar-refractivity contribution in [2.45, 2.75) is 79.5 Å². The summed E-state index contributed by atoms with van der Waals surface area (Å²) >= 11 is 0. The highest BCUT2D eigenvalue weighted by Crippen LogP contribution is 2.41. The highest BCUT2D eigenvalue weighted by molar-refractivity contribution is 6.05. The number of Topliss-reactive ketones (excluding diaryl/α,β-unsaturated/α-hetero) is 1. The third kappa shape index (κ3) is 7.45. The van der Waals surface area contributed by atoms with Crippen LogP contribution in [0.3, 0.4) is 0 Å². The average Bonchev–Trinajstić information content (AvgIpc) is 3.62. The van der Waals surface area contributed by atoms with Crippen LogP contribution in [0.1, 0.15) is 87.0 Å². The second kappa shape index (κ2) is 11.6. The first-order chi connectivity index (χ1) is 16.6. The number of halogens is 3. The number of ketones is 1. The van der Waals surface area contributed by atoms with Gasteiger partial charge in [-0.15, -0.1) is 0 Å². The fourth-order valence-electron chi connectivity index (χ4n) is 4.25. The van der Waals surface area contributed by atoms with Gasteiger partial charge in [0.25, 0.3) is 0 Å². The van der Waals surface area contributed by atoms with E-state index in [0.29, 0.717) is 34.9 Å². The lowest BCUT2D eigenvalue weighted by atomic mass is 9.89.